The van der Waals surface area contributed by atoms with Gasteiger partial charge in [-0.1, -0.05) is 37.3 Å². The predicted molar refractivity (Wildman–Crippen MR) is 85.4 cm³/mol. The van der Waals surface area contributed by atoms with Crippen LogP contribution in [0, 0.1) is 0 Å². The molecule has 0 aliphatic carbocycles. The van der Waals surface area contributed by atoms with Crippen molar-refractivity contribution in [3.05, 3.63) is 35.9 Å². The molecule has 2 aliphatic heterocycles. The van der Waals surface area contributed by atoms with E-state index in [-0.39, 0.29) is 23.3 Å². The summed E-state index contributed by atoms with van der Waals surface area (Å²) in [5.74, 6) is 0.344. The van der Waals surface area contributed by atoms with Crippen molar-refractivity contribution in [3.8, 4) is 0 Å². The number of likely N-dealkylation sites (tertiary alicyclic amines) is 1. The van der Waals surface area contributed by atoms with Crippen molar-refractivity contribution in [2.24, 2.45) is 0 Å². The summed E-state index contributed by atoms with van der Waals surface area (Å²) in [7, 11) is 0. The average molecular weight is 300 g/mol. The maximum atomic E-state index is 12.8. The lowest BCUT2D eigenvalue weighted by Crippen LogP contribution is -2.52. The normalized spacial score (nSPS) is 21.7. The van der Waals surface area contributed by atoms with Gasteiger partial charge in [-0.15, -0.1) is 0 Å². The zero-order valence-electron chi connectivity index (χ0n) is 13.2. The van der Waals surface area contributed by atoms with E-state index in [0.29, 0.717) is 6.42 Å². The summed E-state index contributed by atoms with van der Waals surface area (Å²) in [6.45, 7) is 3.57. The molecule has 0 bridgehead atoms. The summed E-state index contributed by atoms with van der Waals surface area (Å²) in [5, 5.41) is 3.13. The van der Waals surface area contributed by atoms with Crippen molar-refractivity contribution in [1.82, 2.24) is 10.2 Å². The highest BCUT2D eigenvalue weighted by Gasteiger charge is 2.41. The number of carbonyl (C=O) groups is 2. The van der Waals surface area contributed by atoms with Crippen LogP contribution in [0.4, 0.5) is 0 Å². The zero-order chi connectivity index (χ0) is 15.6. The van der Waals surface area contributed by atoms with Crippen molar-refractivity contribution in [3.63, 3.8) is 0 Å². The van der Waals surface area contributed by atoms with Gasteiger partial charge in [-0.25, -0.2) is 0 Å². The summed E-state index contributed by atoms with van der Waals surface area (Å²) in [6.07, 6.45) is 4.14. The van der Waals surface area contributed by atoms with Gasteiger partial charge in [0.25, 0.3) is 0 Å². The van der Waals surface area contributed by atoms with E-state index in [9.17, 15) is 9.59 Å². The number of piperidine rings is 1. The molecule has 0 radical (unpaired) electrons. The highest BCUT2D eigenvalue weighted by molar-refractivity contribution is 5.84. The number of rotatable bonds is 3. The predicted octanol–water partition coefficient (Wildman–Crippen LogP) is 2.45. The SMILES string of the molecule is CCC(C(=O)N1CCC2(CCC(=O)N2)CC1)c1ccccc1. The minimum Gasteiger partial charge on any atom is -0.351 e. The second-order valence-corrected chi connectivity index (χ2v) is 6.53. The van der Waals surface area contributed by atoms with Crippen LogP contribution in [0.3, 0.4) is 0 Å². The lowest BCUT2D eigenvalue weighted by Gasteiger charge is -2.40. The van der Waals surface area contributed by atoms with Gasteiger partial charge in [-0.2, -0.15) is 0 Å². The first-order valence-corrected chi connectivity index (χ1v) is 8.28. The van der Waals surface area contributed by atoms with Crippen molar-refractivity contribution in [1.29, 1.82) is 0 Å². The summed E-state index contributed by atoms with van der Waals surface area (Å²) < 4.78 is 0. The monoisotopic (exact) mass is 300 g/mol. The van der Waals surface area contributed by atoms with Crippen molar-refractivity contribution < 1.29 is 9.59 Å². The van der Waals surface area contributed by atoms with Crippen LogP contribution in [0.2, 0.25) is 0 Å². The Balaban J connectivity index is 1.65. The molecule has 1 aromatic carbocycles. The molecule has 1 aromatic rings. The Morgan fingerprint density at radius 1 is 1.23 bits per heavy atom. The molecule has 118 valence electrons. The molecule has 2 heterocycles. The fourth-order valence-electron chi connectivity index (χ4n) is 3.76. The minimum absolute atomic E-state index is 0.0394. The molecule has 0 aromatic heterocycles. The van der Waals surface area contributed by atoms with E-state index < -0.39 is 0 Å². The zero-order valence-corrected chi connectivity index (χ0v) is 13.2. The van der Waals surface area contributed by atoms with Crippen LogP contribution in [0.5, 0.6) is 0 Å². The largest absolute Gasteiger partial charge is 0.351 e. The van der Waals surface area contributed by atoms with Gasteiger partial charge >= 0.3 is 0 Å². The van der Waals surface area contributed by atoms with Gasteiger partial charge in [-0.3, -0.25) is 9.59 Å². The second kappa shape index (κ2) is 6.11. The van der Waals surface area contributed by atoms with E-state index in [1.165, 1.54) is 0 Å². The third-order valence-corrected chi connectivity index (χ3v) is 5.18. The Morgan fingerprint density at radius 2 is 1.91 bits per heavy atom. The van der Waals surface area contributed by atoms with Crippen molar-refractivity contribution in [2.45, 2.75) is 50.5 Å². The van der Waals surface area contributed by atoms with Crippen molar-refractivity contribution in [2.75, 3.05) is 13.1 Å². The molecule has 3 rings (SSSR count). The fourth-order valence-corrected chi connectivity index (χ4v) is 3.76. The van der Waals surface area contributed by atoms with Crippen LogP contribution in [-0.2, 0) is 9.59 Å². The summed E-state index contributed by atoms with van der Waals surface area (Å²) >= 11 is 0. The number of amides is 2. The van der Waals surface area contributed by atoms with Crippen LogP contribution in [-0.4, -0.2) is 35.3 Å². The maximum absolute atomic E-state index is 12.8. The van der Waals surface area contributed by atoms with E-state index >= 15 is 0 Å². The Labute approximate surface area is 131 Å². The third kappa shape index (κ3) is 2.87. The highest BCUT2D eigenvalue weighted by Crippen LogP contribution is 2.33. The summed E-state index contributed by atoms with van der Waals surface area (Å²) in [4.78, 5) is 26.3. The lowest BCUT2D eigenvalue weighted by molar-refractivity contribution is -0.134. The number of nitrogens with one attached hydrogen (secondary N) is 1. The minimum atomic E-state index is -0.0478. The third-order valence-electron chi connectivity index (χ3n) is 5.18. The molecule has 4 nitrogen and oxygen atoms in total. The Kier molecular flexibility index (Phi) is 4.19. The van der Waals surface area contributed by atoms with Crippen LogP contribution in [0.25, 0.3) is 0 Å². The fraction of sp³-hybridized carbons (Fsp3) is 0.556. The lowest BCUT2D eigenvalue weighted by atomic mass is 9.85. The summed E-state index contributed by atoms with van der Waals surface area (Å²) in [6, 6.07) is 10.0. The van der Waals surface area contributed by atoms with E-state index in [4.69, 9.17) is 0 Å². The number of hydrogen-bond donors (Lipinski definition) is 1. The van der Waals surface area contributed by atoms with Gasteiger partial charge in [0.1, 0.15) is 0 Å². The highest BCUT2D eigenvalue weighted by atomic mass is 16.2. The molecule has 4 heteroatoms. The number of benzene rings is 1. The maximum Gasteiger partial charge on any atom is 0.230 e. The quantitative estimate of drug-likeness (QED) is 0.932. The van der Waals surface area contributed by atoms with E-state index in [2.05, 4.69) is 12.2 Å². The average Bonchev–Trinajstić information content (AvgIpc) is 2.90. The van der Waals surface area contributed by atoms with E-state index in [1.54, 1.807) is 0 Å². The van der Waals surface area contributed by atoms with Crippen LogP contribution >= 0.6 is 0 Å². The van der Waals surface area contributed by atoms with Gasteiger partial charge < -0.3 is 10.2 Å². The molecule has 1 unspecified atom stereocenters. The van der Waals surface area contributed by atoms with Gasteiger partial charge in [-0.05, 0) is 31.2 Å². The first kappa shape index (κ1) is 15.1. The van der Waals surface area contributed by atoms with Crippen molar-refractivity contribution >= 4 is 11.8 Å². The van der Waals surface area contributed by atoms with Crippen LogP contribution < -0.4 is 5.32 Å². The number of carbonyl (C=O) groups excluding carboxylic acids is 2. The first-order chi connectivity index (χ1) is 10.6. The Hall–Kier alpha value is -1.84. The molecule has 2 aliphatic rings. The molecular formula is C18H24N2O2. The molecule has 1 N–H and O–H groups in total. The van der Waals surface area contributed by atoms with E-state index in [0.717, 1.165) is 44.3 Å². The standard InChI is InChI=1S/C18H24N2O2/c1-2-15(14-6-4-3-5-7-14)17(22)20-12-10-18(11-13-20)9-8-16(21)19-18/h3-7,15H,2,8-13H2,1H3,(H,19,21). The van der Waals surface area contributed by atoms with Gasteiger partial charge in [0, 0.05) is 25.0 Å². The smallest absolute Gasteiger partial charge is 0.230 e. The van der Waals surface area contributed by atoms with Gasteiger partial charge in [0.15, 0.2) is 0 Å². The Morgan fingerprint density at radius 3 is 2.45 bits per heavy atom. The van der Waals surface area contributed by atoms with E-state index in [1.807, 2.05) is 35.2 Å². The second-order valence-electron chi connectivity index (χ2n) is 6.53. The molecule has 22 heavy (non-hydrogen) atoms. The molecule has 1 spiro atoms. The van der Waals surface area contributed by atoms with Gasteiger partial charge in [0.2, 0.25) is 11.8 Å². The number of nitrogens with zero attached hydrogens (tertiary/aromatic N) is 1. The molecule has 2 amide bonds. The summed E-state index contributed by atoms with van der Waals surface area (Å²) in [5.41, 5.74) is 1.06. The molecule has 2 saturated heterocycles. The topological polar surface area (TPSA) is 49.4 Å². The molecule has 2 fully saturated rings. The van der Waals surface area contributed by atoms with Crippen LogP contribution in [0.1, 0.15) is 50.5 Å². The molecular weight excluding hydrogens is 276 g/mol. The number of hydrogen-bond acceptors (Lipinski definition) is 2. The Bertz CT molecular complexity index is 547. The van der Waals surface area contributed by atoms with Gasteiger partial charge in [0.05, 0.1) is 5.92 Å². The van der Waals surface area contributed by atoms with Crippen LogP contribution in [0.15, 0.2) is 30.3 Å². The molecule has 1 atom stereocenters. The molecule has 0 saturated carbocycles. The first-order valence-electron chi connectivity index (χ1n) is 8.28.